The van der Waals surface area contributed by atoms with Gasteiger partial charge in [-0.3, -0.25) is 0 Å². The molecule has 3 N–H and O–H groups in total. The molecule has 5 heteroatoms. The maximum atomic E-state index is 5.71. The highest BCUT2D eigenvalue weighted by molar-refractivity contribution is 7.15. The van der Waals surface area contributed by atoms with Crippen LogP contribution in [0.4, 0.5) is 5.13 Å². The van der Waals surface area contributed by atoms with Crippen molar-refractivity contribution < 1.29 is 0 Å². The minimum absolute atomic E-state index is 0.507. The Labute approximate surface area is 87.9 Å². The molecular formula is C9H16N4S. The molecule has 0 saturated heterocycles. The van der Waals surface area contributed by atoms with Crippen molar-refractivity contribution in [1.29, 1.82) is 0 Å². The Morgan fingerprint density at radius 1 is 1.50 bits per heavy atom. The van der Waals surface area contributed by atoms with Crippen LogP contribution in [0.5, 0.6) is 0 Å². The van der Waals surface area contributed by atoms with Crippen molar-refractivity contribution in [3.8, 4) is 0 Å². The van der Waals surface area contributed by atoms with Crippen LogP contribution in [0.25, 0.3) is 0 Å². The van der Waals surface area contributed by atoms with E-state index >= 15 is 0 Å². The Morgan fingerprint density at radius 2 is 2.36 bits per heavy atom. The van der Waals surface area contributed by atoms with E-state index < -0.39 is 0 Å². The lowest BCUT2D eigenvalue weighted by molar-refractivity contribution is 0.516. The lowest BCUT2D eigenvalue weighted by Gasteiger charge is -2.18. The highest BCUT2D eigenvalue weighted by Crippen LogP contribution is 2.28. The Bertz CT molecular complexity index is 299. The molecule has 2 unspecified atom stereocenters. The summed E-state index contributed by atoms with van der Waals surface area (Å²) in [5.74, 6) is 0.610. The maximum absolute atomic E-state index is 5.71. The van der Waals surface area contributed by atoms with Gasteiger partial charge in [0.25, 0.3) is 0 Å². The van der Waals surface area contributed by atoms with Gasteiger partial charge in [0, 0.05) is 6.04 Å². The minimum Gasteiger partial charge on any atom is -0.357 e. The molecule has 1 aromatic rings. The molecule has 14 heavy (non-hydrogen) atoms. The zero-order chi connectivity index (χ0) is 9.97. The number of aromatic nitrogens is 2. The number of nitrogens with two attached hydrogens (primary N) is 1. The number of nitrogens with zero attached hydrogens (tertiary/aromatic N) is 2. The van der Waals surface area contributed by atoms with Crippen molar-refractivity contribution in [2.24, 2.45) is 11.7 Å². The largest absolute Gasteiger partial charge is 0.357 e. The van der Waals surface area contributed by atoms with Crippen LogP contribution in [0.3, 0.4) is 0 Å². The third kappa shape index (κ3) is 2.04. The topological polar surface area (TPSA) is 63.8 Å². The first kappa shape index (κ1) is 9.86. The molecule has 1 heterocycles. The molecule has 0 radical (unpaired) electrons. The monoisotopic (exact) mass is 212 g/mol. The summed E-state index contributed by atoms with van der Waals surface area (Å²) < 4.78 is 0. The fourth-order valence-corrected chi connectivity index (χ4v) is 2.68. The van der Waals surface area contributed by atoms with Crippen molar-refractivity contribution in [2.45, 2.75) is 32.2 Å². The Kier molecular flexibility index (Phi) is 2.98. The number of anilines is 1. The summed E-state index contributed by atoms with van der Waals surface area (Å²) >= 11 is 1.61. The van der Waals surface area contributed by atoms with Gasteiger partial charge in [0.15, 0.2) is 0 Å². The molecule has 78 valence electrons. The fourth-order valence-electron chi connectivity index (χ4n) is 2.02. The predicted molar refractivity (Wildman–Crippen MR) is 58.5 cm³/mol. The molecule has 0 aliphatic heterocycles. The number of hydrogen-bond acceptors (Lipinski definition) is 5. The molecule has 1 aromatic heterocycles. The molecule has 4 nitrogen and oxygen atoms in total. The molecule has 1 saturated carbocycles. The van der Waals surface area contributed by atoms with Crippen LogP contribution in [0.2, 0.25) is 0 Å². The second kappa shape index (κ2) is 4.23. The lowest BCUT2D eigenvalue weighted by atomic mass is 10.0. The smallest absolute Gasteiger partial charge is 0.205 e. The van der Waals surface area contributed by atoms with Gasteiger partial charge in [-0.05, 0) is 32.2 Å². The Balaban J connectivity index is 1.96. The molecule has 0 amide bonds. The van der Waals surface area contributed by atoms with Gasteiger partial charge in [0.2, 0.25) is 5.13 Å². The van der Waals surface area contributed by atoms with E-state index in [9.17, 15) is 0 Å². The second-order valence-electron chi connectivity index (χ2n) is 3.80. The van der Waals surface area contributed by atoms with Gasteiger partial charge in [-0.25, -0.2) is 0 Å². The van der Waals surface area contributed by atoms with Gasteiger partial charge in [-0.2, -0.15) is 0 Å². The second-order valence-corrected chi connectivity index (χ2v) is 4.99. The summed E-state index contributed by atoms with van der Waals surface area (Å²) in [4.78, 5) is 0. The molecule has 2 rings (SSSR count). The van der Waals surface area contributed by atoms with Gasteiger partial charge in [0.05, 0.1) is 0 Å². The molecule has 1 aliphatic rings. The number of aryl methyl sites for hydroxylation is 1. The standard InChI is InChI=1S/C9H16N4S/c1-6-12-13-9(14-6)11-8-4-2-3-7(8)5-10/h7-8H,2-5,10H2,1H3,(H,11,13). The van der Waals surface area contributed by atoms with Crippen LogP contribution in [0.15, 0.2) is 0 Å². The predicted octanol–water partition coefficient (Wildman–Crippen LogP) is 1.39. The van der Waals surface area contributed by atoms with Crippen molar-refractivity contribution in [3.05, 3.63) is 5.01 Å². The Morgan fingerprint density at radius 3 is 3.00 bits per heavy atom. The van der Waals surface area contributed by atoms with Crippen LogP contribution in [0, 0.1) is 12.8 Å². The highest BCUT2D eigenvalue weighted by atomic mass is 32.1. The number of nitrogens with one attached hydrogen (secondary N) is 1. The third-order valence-electron chi connectivity index (χ3n) is 2.80. The van der Waals surface area contributed by atoms with Gasteiger partial charge >= 0.3 is 0 Å². The summed E-state index contributed by atoms with van der Waals surface area (Å²) in [5.41, 5.74) is 5.71. The quantitative estimate of drug-likeness (QED) is 0.794. The van der Waals surface area contributed by atoms with Gasteiger partial charge in [0.1, 0.15) is 5.01 Å². The first-order valence-electron chi connectivity index (χ1n) is 5.06. The average molecular weight is 212 g/mol. The van der Waals surface area contributed by atoms with E-state index in [1.165, 1.54) is 19.3 Å². The Hall–Kier alpha value is -0.680. The van der Waals surface area contributed by atoms with Crippen molar-refractivity contribution in [1.82, 2.24) is 10.2 Å². The summed E-state index contributed by atoms with van der Waals surface area (Å²) in [5, 5.41) is 13.4. The van der Waals surface area contributed by atoms with E-state index in [0.29, 0.717) is 12.0 Å². The molecule has 0 spiro atoms. The first-order valence-corrected chi connectivity index (χ1v) is 5.88. The summed E-state index contributed by atoms with van der Waals surface area (Å²) in [6.07, 6.45) is 3.73. The minimum atomic E-state index is 0.507. The van der Waals surface area contributed by atoms with E-state index in [-0.39, 0.29) is 0 Å². The van der Waals surface area contributed by atoms with Gasteiger partial charge < -0.3 is 11.1 Å². The average Bonchev–Trinajstić information content (AvgIpc) is 2.76. The summed E-state index contributed by atoms with van der Waals surface area (Å²) in [6, 6.07) is 0.507. The molecule has 1 fully saturated rings. The summed E-state index contributed by atoms with van der Waals surface area (Å²) in [6.45, 7) is 2.74. The zero-order valence-electron chi connectivity index (χ0n) is 8.36. The van der Waals surface area contributed by atoms with E-state index in [1.807, 2.05) is 6.92 Å². The number of rotatable bonds is 3. The normalized spacial score (nSPS) is 26.7. The van der Waals surface area contributed by atoms with Crippen molar-refractivity contribution in [3.63, 3.8) is 0 Å². The van der Waals surface area contributed by atoms with Gasteiger partial charge in [-0.15, -0.1) is 10.2 Å². The fraction of sp³-hybridized carbons (Fsp3) is 0.778. The van der Waals surface area contributed by atoms with Crippen LogP contribution in [-0.2, 0) is 0 Å². The molecule has 2 atom stereocenters. The van der Waals surface area contributed by atoms with Crippen LogP contribution >= 0.6 is 11.3 Å². The molecule has 1 aliphatic carbocycles. The maximum Gasteiger partial charge on any atom is 0.205 e. The lowest BCUT2D eigenvalue weighted by Crippen LogP contribution is -2.29. The SMILES string of the molecule is Cc1nnc(NC2CCCC2CN)s1. The number of hydrogen-bond donors (Lipinski definition) is 2. The van der Waals surface area contributed by atoms with Crippen LogP contribution < -0.4 is 11.1 Å². The van der Waals surface area contributed by atoms with E-state index in [2.05, 4.69) is 15.5 Å². The van der Waals surface area contributed by atoms with E-state index in [1.54, 1.807) is 11.3 Å². The highest BCUT2D eigenvalue weighted by Gasteiger charge is 2.26. The summed E-state index contributed by atoms with van der Waals surface area (Å²) in [7, 11) is 0. The van der Waals surface area contributed by atoms with Crippen LogP contribution in [0.1, 0.15) is 24.3 Å². The third-order valence-corrected chi connectivity index (χ3v) is 3.57. The molecule has 0 aromatic carbocycles. The molecular weight excluding hydrogens is 196 g/mol. The zero-order valence-corrected chi connectivity index (χ0v) is 9.18. The molecule has 0 bridgehead atoms. The van der Waals surface area contributed by atoms with E-state index in [4.69, 9.17) is 5.73 Å². The van der Waals surface area contributed by atoms with Gasteiger partial charge in [-0.1, -0.05) is 17.8 Å². The van der Waals surface area contributed by atoms with E-state index in [0.717, 1.165) is 16.7 Å². The van der Waals surface area contributed by atoms with Crippen LogP contribution in [-0.4, -0.2) is 22.8 Å². The van der Waals surface area contributed by atoms with Crippen molar-refractivity contribution >= 4 is 16.5 Å². The first-order chi connectivity index (χ1) is 6.79. The van der Waals surface area contributed by atoms with Crippen molar-refractivity contribution in [2.75, 3.05) is 11.9 Å².